The average molecular weight is 326 g/mol. The number of rotatable bonds is 5. The number of carbonyl (C=O) groups is 2. The Morgan fingerprint density at radius 3 is 2.12 bits per heavy atom. The van der Waals surface area contributed by atoms with Gasteiger partial charge in [0.1, 0.15) is 19.9 Å². The number of hydrogen-bond acceptors (Lipinski definition) is 4. The van der Waals surface area contributed by atoms with Crippen LogP contribution in [0.2, 0.25) is 0 Å². The highest BCUT2D eigenvalue weighted by atomic mass is 16.5. The third kappa shape index (κ3) is 3.23. The number of hydrogen-bond donors (Lipinski definition) is 3. The van der Waals surface area contributed by atoms with E-state index in [1.165, 1.54) is 0 Å². The van der Waals surface area contributed by atoms with Gasteiger partial charge >= 0.3 is 6.09 Å². The second-order valence-corrected chi connectivity index (χ2v) is 5.44. The van der Waals surface area contributed by atoms with Crippen LogP contribution in [0.15, 0.2) is 48.5 Å². The lowest BCUT2D eigenvalue weighted by Crippen LogP contribution is -2.37. The topological polar surface area (TPSA) is 87.7 Å². The van der Waals surface area contributed by atoms with Crippen LogP contribution < -0.4 is 10.6 Å². The molecule has 0 saturated carbocycles. The molecule has 0 aromatic heterocycles. The van der Waals surface area contributed by atoms with Crippen molar-refractivity contribution < 1.29 is 19.4 Å². The standard InChI is InChI=1S/C18H18N2O4/c21-11-20-17(22)9-19-18(23)24-10-16-14-7-3-1-5-12(14)13-6-2-4-8-15(13)16/h1-8,16,21H,9-11H2,(H,19,23)(H,20,22). The Kier molecular flexibility index (Phi) is 4.77. The molecule has 1 aliphatic carbocycles. The molecule has 2 aromatic carbocycles. The van der Waals surface area contributed by atoms with Gasteiger partial charge in [-0.2, -0.15) is 0 Å². The molecule has 0 atom stereocenters. The Balaban J connectivity index is 1.65. The van der Waals surface area contributed by atoms with E-state index in [4.69, 9.17) is 9.84 Å². The highest BCUT2D eigenvalue weighted by molar-refractivity contribution is 5.82. The molecule has 124 valence electrons. The molecule has 24 heavy (non-hydrogen) atoms. The summed E-state index contributed by atoms with van der Waals surface area (Å²) in [5, 5.41) is 13.1. The third-order valence-corrected chi connectivity index (χ3v) is 4.01. The number of ether oxygens (including phenoxy) is 1. The number of nitrogens with one attached hydrogen (secondary N) is 2. The van der Waals surface area contributed by atoms with Gasteiger partial charge in [0, 0.05) is 5.92 Å². The maximum atomic E-state index is 11.8. The van der Waals surface area contributed by atoms with E-state index in [0.29, 0.717) is 0 Å². The average Bonchev–Trinajstić information content (AvgIpc) is 2.92. The number of amides is 2. The van der Waals surface area contributed by atoms with Gasteiger partial charge in [-0.25, -0.2) is 4.79 Å². The Bertz CT molecular complexity index is 715. The lowest BCUT2D eigenvalue weighted by atomic mass is 9.98. The van der Waals surface area contributed by atoms with E-state index < -0.39 is 18.7 Å². The summed E-state index contributed by atoms with van der Waals surface area (Å²) >= 11 is 0. The largest absolute Gasteiger partial charge is 0.449 e. The van der Waals surface area contributed by atoms with Gasteiger partial charge in [0.05, 0.1) is 0 Å². The predicted octanol–water partition coefficient (Wildman–Crippen LogP) is 1.59. The molecule has 1 aliphatic rings. The molecular weight excluding hydrogens is 308 g/mol. The molecule has 0 fully saturated rings. The van der Waals surface area contributed by atoms with E-state index in [9.17, 15) is 9.59 Å². The normalized spacial score (nSPS) is 12.2. The summed E-state index contributed by atoms with van der Waals surface area (Å²) in [6.07, 6.45) is -0.662. The minimum Gasteiger partial charge on any atom is -0.449 e. The molecular formula is C18H18N2O4. The number of benzene rings is 2. The Morgan fingerprint density at radius 1 is 0.958 bits per heavy atom. The fraction of sp³-hybridized carbons (Fsp3) is 0.222. The molecule has 0 spiro atoms. The van der Waals surface area contributed by atoms with Crippen molar-refractivity contribution in [3.05, 3.63) is 59.7 Å². The summed E-state index contributed by atoms with van der Waals surface area (Å²) in [4.78, 5) is 23.0. The summed E-state index contributed by atoms with van der Waals surface area (Å²) in [6.45, 7) is -0.510. The van der Waals surface area contributed by atoms with Crippen LogP contribution in [0.4, 0.5) is 4.79 Å². The van der Waals surface area contributed by atoms with Crippen LogP contribution in [-0.4, -0.2) is 37.0 Å². The highest BCUT2D eigenvalue weighted by Gasteiger charge is 2.28. The molecule has 0 saturated heterocycles. The second kappa shape index (κ2) is 7.14. The predicted molar refractivity (Wildman–Crippen MR) is 88.3 cm³/mol. The first-order chi connectivity index (χ1) is 11.7. The molecule has 2 aromatic rings. The Hall–Kier alpha value is -2.86. The molecule has 0 unspecified atom stereocenters. The third-order valence-electron chi connectivity index (χ3n) is 4.01. The molecule has 0 radical (unpaired) electrons. The van der Waals surface area contributed by atoms with E-state index in [1.807, 2.05) is 36.4 Å². The number of alkyl carbamates (subject to hydrolysis) is 1. The SMILES string of the molecule is O=C(CNC(=O)OCC1c2ccccc2-c2ccccc21)NCO. The van der Waals surface area contributed by atoms with Crippen LogP contribution in [0.1, 0.15) is 17.0 Å². The van der Waals surface area contributed by atoms with Gasteiger partial charge in [-0.05, 0) is 22.3 Å². The van der Waals surface area contributed by atoms with Crippen LogP contribution in [-0.2, 0) is 9.53 Å². The summed E-state index contributed by atoms with van der Waals surface area (Å²) in [6, 6.07) is 16.1. The van der Waals surface area contributed by atoms with Crippen molar-refractivity contribution in [2.45, 2.75) is 5.92 Å². The molecule has 3 rings (SSSR count). The monoisotopic (exact) mass is 326 g/mol. The number of aliphatic hydroxyl groups excluding tert-OH is 1. The van der Waals surface area contributed by atoms with Gasteiger partial charge < -0.3 is 20.5 Å². The quantitative estimate of drug-likeness (QED) is 0.728. The van der Waals surface area contributed by atoms with Crippen molar-refractivity contribution in [3.63, 3.8) is 0 Å². The first-order valence-electron chi connectivity index (χ1n) is 7.67. The molecule has 0 aliphatic heterocycles. The zero-order valence-corrected chi connectivity index (χ0v) is 13.0. The van der Waals surface area contributed by atoms with Gasteiger partial charge in [0.15, 0.2) is 0 Å². The first-order valence-corrected chi connectivity index (χ1v) is 7.67. The van der Waals surface area contributed by atoms with Gasteiger partial charge in [-0.3, -0.25) is 4.79 Å². The van der Waals surface area contributed by atoms with Crippen molar-refractivity contribution in [3.8, 4) is 11.1 Å². The van der Waals surface area contributed by atoms with Crippen LogP contribution in [0.3, 0.4) is 0 Å². The van der Waals surface area contributed by atoms with E-state index in [0.717, 1.165) is 22.3 Å². The Morgan fingerprint density at radius 2 is 1.54 bits per heavy atom. The minimum absolute atomic E-state index is 0.0191. The van der Waals surface area contributed by atoms with Crippen molar-refractivity contribution in [2.24, 2.45) is 0 Å². The van der Waals surface area contributed by atoms with E-state index in [2.05, 4.69) is 22.8 Å². The summed E-state index contributed by atoms with van der Waals surface area (Å²) in [7, 11) is 0. The van der Waals surface area contributed by atoms with Gasteiger partial charge in [-0.15, -0.1) is 0 Å². The van der Waals surface area contributed by atoms with Crippen LogP contribution in [0, 0.1) is 0 Å². The summed E-state index contributed by atoms with van der Waals surface area (Å²) < 4.78 is 5.28. The van der Waals surface area contributed by atoms with E-state index in [1.54, 1.807) is 0 Å². The van der Waals surface area contributed by atoms with Crippen LogP contribution in [0.25, 0.3) is 11.1 Å². The Labute approximate surface area is 139 Å². The summed E-state index contributed by atoms with van der Waals surface area (Å²) in [5.41, 5.74) is 4.57. The number of fused-ring (bicyclic) bond motifs is 3. The fourth-order valence-electron chi connectivity index (χ4n) is 2.95. The van der Waals surface area contributed by atoms with Gasteiger partial charge in [-0.1, -0.05) is 48.5 Å². The zero-order chi connectivity index (χ0) is 16.9. The maximum absolute atomic E-state index is 11.8. The number of carbonyl (C=O) groups excluding carboxylic acids is 2. The highest BCUT2D eigenvalue weighted by Crippen LogP contribution is 2.44. The van der Waals surface area contributed by atoms with Crippen molar-refractivity contribution in [1.29, 1.82) is 0 Å². The molecule has 6 nitrogen and oxygen atoms in total. The zero-order valence-electron chi connectivity index (χ0n) is 13.0. The smallest absolute Gasteiger partial charge is 0.407 e. The van der Waals surface area contributed by atoms with Crippen molar-refractivity contribution >= 4 is 12.0 Å². The van der Waals surface area contributed by atoms with Crippen molar-refractivity contribution in [2.75, 3.05) is 19.9 Å². The van der Waals surface area contributed by atoms with Gasteiger partial charge in [0.25, 0.3) is 0 Å². The molecule has 2 amide bonds. The van der Waals surface area contributed by atoms with E-state index >= 15 is 0 Å². The van der Waals surface area contributed by atoms with Crippen molar-refractivity contribution in [1.82, 2.24) is 10.6 Å². The number of aliphatic hydroxyl groups is 1. The van der Waals surface area contributed by atoms with Crippen LogP contribution in [0.5, 0.6) is 0 Å². The molecule has 6 heteroatoms. The maximum Gasteiger partial charge on any atom is 0.407 e. The molecule has 3 N–H and O–H groups in total. The molecule has 0 heterocycles. The summed E-state index contributed by atoms with van der Waals surface area (Å²) in [5.74, 6) is -0.500. The van der Waals surface area contributed by atoms with Gasteiger partial charge in [0.2, 0.25) is 5.91 Å². The first kappa shape index (κ1) is 16.0. The minimum atomic E-state index is -0.662. The molecule has 0 bridgehead atoms. The second-order valence-electron chi connectivity index (χ2n) is 5.44. The van der Waals surface area contributed by atoms with Crippen LogP contribution >= 0.6 is 0 Å². The van der Waals surface area contributed by atoms with E-state index in [-0.39, 0.29) is 19.1 Å². The lowest BCUT2D eigenvalue weighted by molar-refractivity contribution is -0.121. The lowest BCUT2D eigenvalue weighted by Gasteiger charge is -2.14. The fourth-order valence-corrected chi connectivity index (χ4v) is 2.95.